The van der Waals surface area contributed by atoms with Gasteiger partial charge in [0, 0.05) is 35.8 Å². The number of para-hydroxylation sites is 4. The molecule has 0 saturated carbocycles. The van der Waals surface area contributed by atoms with E-state index < -0.39 is 0 Å². The van der Waals surface area contributed by atoms with Gasteiger partial charge in [0.15, 0.2) is 0 Å². The lowest BCUT2D eigenvalue weighted by molar-refractivity contribution is 0.715. The minimum atomic E-state index is 0.455. The van der Waals surface area contributed by atoms with Crippen LogP contribution in [0.4, 0.5) is 58.4 Å². The summed E-state index contributed by atoms with van der Waals surface area (Å²) in [6.45, 7) is 1.42. The minimum absolute atomic E-state index is 0.455. The molecule has 2 aromatic heterocycles. The predicted octanol–water partition coefficient (Wildman–Crippen LogP) is 7.73. The molecule has 6 aromatic rings. The molecule has 0 saturated heterocycles. The molecule has 47 heavy (non-hydrogen) atoms. The molecule has 0 aliphatic rings. The highest BCUT2D eigenvalue weighted by atomic mass is 15.3. The van der Waals surface area contributed by atoms with Gasteiger partial charge in [-0.2, -0.15) is 29.9 Å². The summed E-state index contributed by atoms with van der Waals surface area (Å²) >= 11 is 0. The quantitative estimate of drug-likeness (QED) is 0.0585. The van der Waals surface area contributed by atoms with Crippen LogP contribution in [0.3, 0.4) is 0 Å². The standard InChI is InChI=1S/C35H36N12/c1-6-16-26(17-7-1)38-32-42-30(43-33(46-32)39-27-18-8-2-9-19-27)36-24-14-5-15-25-37-31-44-34(40-28-20-10-3-11-21-28)47-35(45-31)41-29-22-12-4-13-23-29/h1-4,6-13,16-23H,5,14-15,24-25H2,(H3,36,38,39,42,43,46)(H3,37,40,41,44,45,47). The van der Waals surface area contributed by atoms with Crippen molar-refractivity contribution in [3.8, 4) is 0 Å². The molecule has 2 heterocycles. The number of hydrogen-bond acceptors (Lipinski definition) is 12. The molecule has 0 bridgehead atoms. The minimum Gasteiger partial charge on any atom is -0.354 e. The van der Waals surface area contributed by atoms with Crippen molar-refractivity contribution in [2.24, 2.45) is 0 Å². The molecule has 236 valence electrons. The molecule has 12 nitrogen and oxygen atoms in total. The molecule has 0 fully saturated rings. The molecule has 0 amide bonds. The Labute approximate surface area is 273 Å². The maximum atomic E-state index is 4.59. The largest absolute Gasteiger partial charge is 0.354 e. The summed E-state index contributed by atoms with van der Waals surface area (Å²) in [7, 11) is 0. The third kappa shape index (κ3) is 9.85. The van der Waals surface area contributed by atoms with E-state index in [1.54, 1.807) is 0 Å². The van der Waals surface area contributed by atoms with Crippen LogP contribution in [0.2, 0.25) is 0 Å². The van der Waals surface area contributed by atoms with Gasteiger partial charge in [0.25, 0.3) is 0 Å². The third-order valence-corrected chi connectivity index (χ3v) is 6.81. The Hall–Kier alpha value is -6.30. The average molecular weight is 625 g/mol. The molecule has 0 spiro atoms. The summed E-state index contributed by atoms with van der Waals surface area (Å²) in [4.78, 5) is 27.5. The number of benzene rings is 4. The zero-order chi connectivity index (χ0) is 31.9. The summed E-state index contributed by atoms with van der Waals surface area (Å²) in [6, 6.07) is 39.3. The van der Waals surface area contributed by atoms with Gasteiger partial charge in [0.05, 0.1) is 0 Å². The molecule has 0 atom stereocenters. The Balaban J connectivity index is 1.02. The first-order valence-corrected chi connectivity index (χ1v) is 15.5. The molecular formula is C35H36N12. The van der Waals surface area contributed by atoms with E-state index in [-0.39, 0.29) is 0 Å². The molecule has 0 unspecified atom stereocenters. The van der Waals surface area contributed by atoms with E-state index in [1.807, 2.05) is 121 Å². The molecule has 6 N–H and O–H groups in total. The van der Waals surface area contributed by atoms with Crippen molar-refractivity contribution in [1.82, 2.24) is 29.9 Å². The molecule has 0 radical (unpaired) electrons. The monoisotopic (exact) mass is 624 g/mol. The first kappa shape index (κ1) is 30.7. The first-order valence-electron chi connectivity index (χ1n) is 15.5. The highest BCUT2D eigenvalue weighted by molar-refractivity contribution is 5.60. The Bertz CT molecular complexity index is 1550. The summed E-state index contributed by atoms with van der Waals surface area (Å²) in [5, 5.41) is 19.8. The van der Waals surface area contributed by atoms with Crippen molar-refractivity contribution in [3.05, 3.63) is 121 Å². The number of rotatable bonds is 16. The number of unbranched alkanes of at least 4 members (excludes halogenated alkanes) is 2. The van der Waals surface area contributed by atoms with Gasteiger partial charge in [0.2, 0.25) is 35.7 Å². The molecule has 6 rings (SSSR count). The van der Waals surface area contributed by atoms with Gasteiger partial charge in [-0.25, -0.2) is 0 Å². The van der Waals surface area contributed by atoms with Gasteiger partial charge >= 0.3 is 0 Å². The zero-order valence-electron chi connectivity index (χ0n) is 25.8. The molecule has 12 heteroatoms. The Morgan fingerprint density at radius 2 is 0.553 bits per heavy atom. The molecule has 0 aliphatic carbocycles. The fourth-order valence-electron chi connectivity index (χ4n) is 4.56. The molecule has 0 aliphatic heterocycles. The van der Waals surface area contributed by atoms with Crippen LogP contribution in [0.25, 0.3) is 0 Å². The Morgan fingerprint density at radius 3 is 0.830 bits per heavy atom. The maximum absolute atomic E-state index is 4.59. The highest BCUT2D eigenvalue weighted by Crippen LogP contribution is 2.20. The number of hydrogen-bond donors (Lipinski definition) is 6. The van der Waals surface area contributed by atoms with E-state index in [9.17, 15) is 0 Å². The van der Waals surface area contributed by atoms with Crippen LogP contribution < -0.4 is 31.9 Å². The first-order chi connectivity index (χ1) is 23.2. The zero-order valence-corrected chi connectivity index (χ0v) is 25.8. The van der Waals surface area contributed by atoms with Crippen LogP contribution in [0.15, 0.2) is 121 Å². The topological polar surface area (TPSA) is 150 Å². The number of nitrogens with one attached hydrogen (secondary N) is 6. The van der Waals surface area contributed by atoms with E-state index in [0.29, 0.717) is 48.8 Å². The summed E-state index contributed by atoms with van der Waals surface area (Å²) in [5.74, 6) is 2.81. The molecule has 4 aromatic carbocycles. The maximum Gasteiger partial charge on any atom is 0.233 e. The van der Waals surface area contributed by atoms with Crippen molar-refractivity contribution >= 4 is 58.4 Å². The van der Waals surface area contributed by atoms with Crippen LogP contribution in [0.1, 0.15) is 19.3 Å². The SMILES string of the molecule is c1ccc(Nc2nc(NCCCCCNc3nc(Nc4ccccc4)nc(Nc4ccccc4)n3)nc(Nc3ccccc3)n2)cc1. The number of anilines is 10. The van der Waals surface area contributed by atoms with Crippen molar-refractivity contribution in [2.75, 3.05) is 45.0 Å². The fraction of sp³-hybridized carbons (Fsp3) is 0.143. The average Bonchev–Trinajstić information content (AvgIpc) is 3.09. The second kappa shape index (κ2) is 16.1. The summed E-state index contributed by atoms with van der Waals surface area (Å²) in [5.41, 5.74) is 3.58. The summed E-state index contributed by atoms with van der Waals surface area (Å²) in [6.07, 6.45) is 2.83. The van der Waals surface area contributed by atoms with Crippen molar-refractivity contribution in [3.63, 3.8) is 0 Å². The van der Waals surface area contributed by atoms with E-state index in [1.165, 1.54) is 0 Å². The lowest BCUT2D eigenvalue weighted by Gasteiger charge is -2.12. The van der Waals surface area contributed by atoms with Gasteiger partial charge in [-0.05, 0) is 67.8 Å². The van der Waals surface area contributed by atoms with Crippen LogP contribution in [-0.4, -0.2) is 43.0 Å². The Morgan fingerprint density at radius 1 is 0.298 bits per heavy atom. The third-order valence-electron chi connectivity index (χ3n) is 6.81. The highest BCUT2D eigenvalue weighted by Gasteiger charge is 2.09. The van der Waals surface area contributed by atoms with Gasteiger partial charge in [-0.1, -0.05) is 72.8 Å². The summed E-state index contributed by atoms with van der Waals surface area (Å²) < 4.78 is 0. The van der Waals surface area contributed by atoms with E-state index in [4.69, 9.17) is 0 Å². The fourth-order valence-corrected chi connectivity index (χ4v) is 4.56. The van der Waals surface area contributed by atoms with Gasteiger partial charge in [-0.3, -0.25) is 0 Å². The van der Waals surface area contributed by atoms with Crippen LogP contribution >= 0.6 is 0 Å². The lowest BCUT2D eigenvalue weighted by Crippen LogP contribution is -2.12. The van der Waals surface area contributed by atoms with Crippen molar-refractivity contribution in [1.29, 1.82) is 0 Å². The van der Waals surface area contributed by atoms with E-state index in [0.717, 1.165) is 42.0 Å². The van der Waals surface area contributed by atoms with E-state index in [2.05, 4.69) is 61.8 Å². The Kier molecular flexibility index (Phi) is 10.5. The second-order valence-corrected chi connectivity index (χ2v) is 10.5. The van der Waals surface area contributed by atoms with Gasteiger partial charge < -0.3 is 31.9 Å². The van der Waals surface area contributed by atoms with Crippen molar-refractivity contribution in [2.45, 2.75) is 19.3 Å². The van der Waals surface area contributed by atoms with Crippen LogP contribution in [-0.2, 0) is 0 Å². The van der Waals surface area contributed by atoms with Crippen LogP contribution in [0, 0.1) is 0 Å². The second-order valence-electron chi connectivity index (χ2n) is 10.5. The van der Waals surface area contributed by atoms with Crippen LogP contribution in [0.5, 0.6) is 0 Å². The number of aromatic nitrogens is 6. The normalized spacial score (nSPS) is 10.6. The van der Waals surface area contributed by atoms with Gasteiger partial charge in [0.1, 0.15) is 0 Å². The predicted molar refractivity (Wildman–Crippen MR) is 189 cm³/mol. The van der Waals surface area contributed by atoms with Crippen molar-refractivity contribution < 1.29 is 0 Å². The molecular weight excluding hydrogens is 588 g/mol. The van der Waals surface area contributed by atoms with E-state index >= 15 is 0 Å². The number of nitrogens with zero attached hydrogens (tertiary/aromatic N) is 6. The van der Waals surface area contributed by atoms with Gasteiger partial charge in [-0.15, -0.1) is 0 Å². The lowest BCUT2D eigenvalue weighted by atomic mass is 10.2. The smallest absolute Gasteiger partial charge is 0.233 e.